The van der Waals surface area contributed by atoms with E-state index in [1.54, 1.807) is 13.3 Å². The summed E-state index contributed by atoms with van der Waals surface area (Å²) in [6.07, 6.45) is 5.52. The summed E-state index contributed by atoms with van der Waals surface area (Å²) in [6, 6.07) is 11.7. The van der Waals surface area contributed by atoms with Crippen LogP contribution in [0.4, 0.5) is 5.69 Å². The Balaban J connectivity index is 1.60. The van der Waals surface area contributed by atoms with Crippen molar-refractivity contribution >= 4 is 11.6 Å². The highest BCUT2D eigenvalue weighted by molar-refractivity contribution is 5.92. The molecule has 132 valence electrons. The van der Waals surface area contributed by atoms with E-state index in [2.05, 4.69) is 15.3 Å². The molecule has 6 nitrogen and oxygen atoms in total. The molecule has 25 heavy (non-hydrogen) atoms. The molecule has 3 N–H and O–H groups in total. The molecule has 0 atom stereocenters. The lowest BCUT2D eigenvalue weighted by Crippen LogP contribution is -2.25. The van der Waals surface area contributed by atoms with Gasteiger partial charge in [-0.1, -0.05) is 18.2 Å². The van der Waals surface area contributed by atoms with Crippen LogP contribution in [0.2, 0.25) is 0 Å². The molecule has 0 aliphatic heterocycles. The number of methoxy groups -OCH3 is 1. The Hall–Kier alpha value is -2.60. The zero-order valence-electron chi connectivity index (χ0n) is 14.4. The molecule has 1 aliphatic rings. The number of guanidine groups is 1. The van der Waals surface area contributed by atoms with E-state index in [1.165, 1.54) is 6.42 Å². The summed E-state index contributed by atoms with van der Waals surface area (Å²) < 4.78 is 11.0. The summed E-state index contributed by atoms with van der Waals surface area (Å²) in [7, 11) is 1.67. The lowest BCUT2D eigenvalue weighted by Gasteiger charge is -2.25. The second-order valence-corrected chi connectivity index (χ2v) is 6.09. The van der Waals surface area contributed by atoms with E-state index >= 15 is 0 Å². The number of ether oxygens (including phenoxy) is 2. The first kappa shape index (κ1) is 17.2. The fourth-order valence-electron chi connectivity index (χ4n) is 2.55. The quantitative estimate of drug-likeness (QED) is 0.598. The van der Waals surface area contributed by atoms with Crippen molar-refractivity contribution in [3.05, 3.63) is 53.7 Å². The first-order valence-electron chi connectivity index (χ1n) is 8.50. The molecule has 1 aliphatic carbocycles. The number of anilines is 1. The Labute approximate surface area is 148 Å². The number of hydrogen-bond donors (Lipinski definition) is 2. The molecule has 1 aromatic heterocycles. The summed E-state index contributed by atoms with van der Waals surface area (Å²) in [4.78, 5) is 8.66. The maximum Gasteiger partial charge on any atom is 0.213 e. The SMILES string of the molecule is COCc1ccccc1NC(N)=NCc1ccnc(OC2CCC2)c1. The Morgan fingerprint density at radius 1 is 1.32 bits per heavy atom. The van der Waals surface area contributed by atoms with Gasteiger partial charge in [0.05, 0.1) is 13.2 Å². The van der Waals surface area contributed by atoms with Gasteiger partial charge in [0.25, 0.3) is 0 Å². The second kappa shape index (κ2) is 8.48. The predicted molar refractivity (Wildman–Crippen MR) is 98.6 cm³/mol. The van der Waals surface area contributed by atoms with Gasteiger partial charge in [0.15, 0.2) is 5.96 Å². The standard InChI is InChI=1S/C19H24N4O2/c1-24-13-15-5-2-3-8-17(15)23-19(20)22-12-14-9-10-21-18(11-14)25-16-6-4-7-16/h2-3,5,8-11,16H,4,6-7,12-13H2,1H3,(H3,20,22,23). The first-order chi connectivity index (χ1) is 12.2. The van der Waals surface area contributed by atoms with Crippen molar-refractivity contribution < 1.29 is 9.47 Å². The van der Waals surface area contributed by atoms with E-state index in [1.807, 2.05) is 36.4 Å². The van der Waals surface area contributed by atoms with E-state index in [0.29, 0.717) is 31.1 Å². The average Bonchev–Trinajstić information content (AvgIpc) is 2.59. The summed E-state index contributed by atoms with van der Waals surface area (Å²) in [5, 5.41) is 3.13. The van der Waals surface area contributed by atoms with Crippen molar-refractivity contribution in [1.82, 2.24) is 4.98 Å². The van der Waals surface area contributed by atoms with Gasteiger partial charge in [-0.3, -0.25) is 0 Å². The third kappa shape index (κ3) is 4.93. The smallest absolute Gasteiger partial charge is 0.213 e. The van der Waals surface area contributed by atoms with Gasteiger partial charge in [-0.2, -0.15) is 0 Å². The van der Waals surface area contributed by atoms with Crippen LogP contribution in [0.15, 0.2) is 47.6 Å². The van der Waals surface area contributed by atoms with E-state index in [9.17, 15) is 0 Å². The maximum absolute atomic E-state index is 6.02. The van der Waals surface area contributed by atoms with Crippen LogP contribution < -0.4 is 15.8 Å². The molecule has 0 saturated heterocycles. The van der Waals surface area contributed by atoms with Crippen molar-refractivity contribution in [2.24, 2.45) is 10.7 Å². The van der Waals surface area contributed by atoms with Crippen LogP contribution in [-0.4, -0.2) is 24.2 Å². The van der Waals surface area contributed by atoms with Crippen molar-refractivity contribution in [1.29, 1.82) is 0 Å². The summed E-state index contributed by atoms with van der Waals surface area (Å²) >= 11 is 0. The van der Waals surface area contributed by atoms with Crippen molar-refractivity contribution in [3.8, 4) is 5.88 Å². The molecular formula is C19H24N4O2. The molecule has 1 fully saturated rings. The highest BCUT2D eigenvalue weighted by Crippen LogP contribution is 2.24. The molecule has 6 heteroatoms. The lowest BCUT2D eigenvalue weighted by atomic mass is 9.96. The Morgan fingerprint density at radius 2 is 2.16 bits per heavy atom. The minimum Gasteiger partial charge on any atom is -0.474 e. The minimum atomic E-state index is 0.315. The van der Waals surface area contributed by atoms with E-state index < -0.39 is 0 Å². The minimum absolute atomic E-state index is 0.315. The van der Waals surface area contributed by atoms with Crippen molar-refractivity contribution in [2.45, 2.75) is 38.5 Å². The number of nitrogens with one attached hydrogen (secondary N) is 1. The second-order valence-electron chi connectivity index (χ2n) is 6.09. The fraction of sp³-hybridized carbons (Fsp3) is 0.368. The molecule has 1 saturated carbocycles. The van der Waals surface area contributed by atoms with Crippen LogP contribution in [0.3, 0.4) is 0 Å². The number of para-hydroxylation sites is 1. The molecule has 1 heterocycles. The van der Waals surface area contributed by atoms with Gasteiger partial charge in [-0.25, -0.2) is 9.98 Å². The Bertz CT molecular complexity index is 729. The molecule has 3 rings (SSSR count). The Kier molecular flexibility index (Phi) is 5.85. The van der Waals surface area contributed by atoms with Crippen molar-refractivity contribution in [2.75, 3.05) is 12.4 Å². The van der Waals surface area contributed by atoms with E-state index in [-0.39, 0.29) is 0 Å². The average molecular weight is 340 g/mol. The number of pyridine rings is 1. The summed E-state index contributed by atoms with van der Waals surface area (Å²) in [6.45, 7) is 0.984. The number of rotatable bonds is 7. The van der Waals surface area contributed by atoms with Gasteiger partial charge in [-0.15, -0.1) is 0 Å². The van der Waals surface area contributed by atoms with Gasteiger partial charge in [0.1, 0.15) is 6.10 Å². The zero-order valence-corrected chi connectivity index (χ0v) is 14.4. The number of aliphatic imine (C=N–C) groups is 1. The number of benzene rings is 1. The Morgan fingerprint density at radius 3 is 2.92 bits per heavy atom. The van der Waals surface area contributed by atoms with Crippen LogP contribution >= 0.6 is 0 Å². The normalized spacial score (nSPS) is 14.8. The highest BCUT2D eigenvalue weighted by Gasteiger charge is 2.19. The topological polar surface area (TPSA) is 81.8 Å². The summed E-state index contributed by atoms with van der Waals surface area (Å²) in [5.41, 5.74) is 8.96. The van der Waals surface area contributed by atoms with E-state index in [0.717, 1.165) is 29.7 Å². The molecular weight excluding hydrogens is 316 g/mol. The zero-order chi connectivity index (χ0) is 17.5. The molecule has 0 unspecified atom stereocenters. The van der Waals surface area contributed by atoms with Crippen LogP contribution in [-0.2, 0) is 17.9 Å². The van der Waals surface area contributed by atoms with Gasteiger partial charge in [0, 0.05) is 30.6 Å². The molecule has 0 radical (unpaired) electrons. The van der Waals surface area contributed by atoms with Gasteiger partial charge in [0.2, 0.25) is 5.88 Å². The van der Waals surface area contributed by atoms with Crippen LogP contribution in [0.25, 0.3) is 0 Å². The van der Waals surface area contributed by atoms with Crippen LogP contribution in [0, 0.1) is 0 Å². The number of nitrogens with two attached hydrogens (primary N) is 1. The maximum atomic E-state index is 6.02. The largest absolute Gasteiger partial charge is 0.474 e. The highest BCUT2D eigenvalue weighted by atomic mass is 16.5. The molecule has 0 bridgehead atoms. The van der Waals surface area contributed by atoms with Crippen molar-refractivity contribution in [3.63, 3.8) is 0 Å². The molecule has 0 amide bonds. The van der Waals surface area contributed by atoms with E-state index in [4.69, 9.17) is 15.2 Å². The lowest BCUT2D eigenvalue weighted by molar-refractivity contribution is 0.114. The van der Waals surface area contributed by atoms with Gasteiger partial charge in [-0.05, 0) is 37.0 Å². The van der Waals surface area contributed by atoms with Gasteiger partial charge < -0.3 is 20.5 Å². The third-order valence-electron chi connectivity index (χ3n) is 4.15. The third-order valence-corrected chi connectivity index (χ3v) is 4.15. The van der Waals surface area contributed by atoms with Crippen LogP contribution in [0.5, 0.6) is 5.88 Å². The summed E-state index contributed by atoms with van der Waals surface area (Å²) in [5.74, 6) is 1.02. The number of aromatic nitrogens is 1. The monoisotopic (exact) mass is 340 g/mol. The molecule has 1 aromatic carbocycles. The van der Waals surface area contributed by atoms with Gasteiger partial charge >= 0.3 is 0 Å². The van der Waals surface area contributed by atoms with Crippen LogP contribution in [0.1, 0.15) is 30.4 Å². The molecule has 2 aromatic rings. The number of nitrogens with zero attached hydrogens (tertiary/aromatic N) is 2. The first-order valence-corrected chi connectivity index (χ1v) is 8.50. The molecule has 0 spiro atoms. The predicted octanol–water partition coefficient (Wildman–Crippen LogP) is 3.09. The number of hydrogen-bond acceptors (Lipinski definition) is 4. The fourth-order valence-corrected chi connectivity index (χ4v) is 2.55.